The van der Waals surface area contributed by atoms with E-state index in [2.05, 4.69) is 5.32 Å². The van der Waals surface area contributed by atoms with Crippen molar-refractivity contribution >= 4 is 17.7 Å². The van der Waals surface area contributed by atoms with Crippen LogP contribution in [0, 0.1) is 10.1 Å². The third-order valence-electron chi connectivity index (χ3n) is 2.68. The fourth-order valence-corrected chi connectivity index (χ4v) is 1.64. The quantitative estimate of drug-likeness (QED) is 0.389. The predicted molar refractivity (Wildman–Crippen MR) is 82.1 cm³/mol. The lowest BCUT2D eigenvalue weighted by atomic mass is 10.2. The van der Waals surface area contributed by atoms with Gasteiger partial charge in [-0.25, -0.2) is 0 Å². The number of hydrogen-bond acceptors (Lipinski definition) is 5. The van der Waals surface area contributed by atoms with Crippen molar-refractivity contribution < 1.29 is 9.72 Å². The number of nitrogens with two attached hydrogens (primary N) is 1. The van der Waals surface area contributed by atoms with Gasteiger partial charge >= 0.3 is 0 Å². The van der Waals surface area contributed by atoms with Crippen molar-refractivity contribution in [1.29, 1.82) is 0 Å². The molecule has 2 aromatic rings. The minimum absolute atomic E-state index is 0.109. The van der Waals surface area contributed by atoms with Crippen LogP contribution in [0.1, 0.15) is 15.9 Å². The molecule has 2 rings (SSSR count). The summed E-state index contributed by atoms with van der Waals surface area (Å²) in [6.45, 7) is 0.840. The topological polar surface area (TPSA) is 98.3 Å². The third-order valence-corrected chi connectivity index (χ3v) is 2.68. The van der Waals surface area contributed by atoms with Crippen molar-refractivity contribution in [3.05, 3.63) is 69.8 Å². The molecule has 6 heteroatoms. The van der Waals surface area contributed by atoms with E-state index in [9.17, 15) is 14.9 Å². The molecule has 0 heterocycles. The van der Waals surface area contributed by atoms with Crippen molar-refractivity contribution in [3.8, 4) is 0 Å². The van der Waals surface area contributed by atoms with E-state index >= 15 is 0 Å². The van der Waals surface area contributed by atoms with Gasteiger partial charge in [-0.1, -0.05) is 30.3 Å². The van der Waals surface area contributed by atoms with E-state index in [0.29, 0.717) is 6.29 Å². The highest BCUT2D eigenvalue weighted by Gasteiger charge is 2.09. The van der Waals surface area contributed by atoms with Crippen LogP contribution in [0.5, 0.6) is 0 Å². The number of nitro benzene ring substituents is 1. The number of nitrogens with one attached hydrogen (secondary N) is 1. The molecule has 21 heavy (non-hydrogen) atoms. The van der Waals surface area contributed by atoms with Crippen LogP contribution < -0.4 is 11.1 Å². The number of nitro groups is 1. The summed E-state index contributed by atoms with van der Waals surface area (Å²) in [4.78, 5) is 19.9. The van der Waals surface area contributed by atoms with Gasteiger partial charge in [-0.2, -0.15) is 0 Å². The summed E-state index contributed by atoms with van der Waals surface area (Å²) in [6, 6.07) is 13.7. The first-order chi connectivity index (χ1) is 10.1. The molecule has 0 amide bonds. The highest BCUT2D eigenvalue weighted by molar-refractivity contribution is 5.81. The molecular formula is C15H17N3O3. The number of rotatable bonds is 4. The van der Waals surface area contributed by atoms with Crippen LogP contribution in [0.3, 0.4) is 0 Å². The highest BCUT2D eigenvalue weighted by Crippen LogP contribution is 2.14. The Balaban J connectivity index is 0.000000211. The van der Waals surface area contributed by atoms with E-state index in [0.717, 1.165) is 17.8 Å². The lowest BCUT2D eigenvalue weighted by Crippen LogP contribution is -2.06. The van der Waals surface area contributed by atoms with Gasteiger partial charge in [0.25, 0.3) is 5.69 Å². The second-order valence-electron chi connectivity index (χ2n) is 4.16. The molecule has 3 N–H and O–H groups in total. The maximum atomic E-state index is 10.2. The summed E-state index contributed by atoms with van der Waals surface area (Å²) in [6.07, 6.45) is 0.470. The Labute approximate surface area is 122 Å². The first kappa shape index (κ1) is 16.3. The smallest absolute Gasteiger partial charge is 0.279 e. The van der Waals surface area contributed by atoms with E-state index in [-0.39, 0.29) is 11.3 Å². The molecule has 0 saturated carbocycles. The second-order valence-corrected chi connectivity index (χ2v) is 4.16. The number of carbonyl (C=O) groups is 1. The number of anilines is 1. The molecule has 0 fully saturated rings. The molecule has 0 atom stereocenters. The molecule has 0 spiro atoms. The number of benzene rings is 2. The molecule has 0 bridgehead atoms. The van der Waals surface area contributed by atoms with E-state index in [1.807, 2.05) is 31.3 Å². The average molecular weight is 287 g/mol. The largest absolute Gasteiger partial charge is 0.398 e. The lowest BCUT2D eigenvalue weighted by molar-refractivity contribution is -0.385. The standard InChI is InChI=1S/C8H12N2.C7H5NO3/c1-10-6-7-4-2-3-5-8(7)9;9-5-6-3-1-2-4-7(6)8(10)11/h2-5,10H,6,9H2,1H3;1-5H. The zero-order valence-corrected chi connectivity index (χ0v) is 11.7. The van der Waals surface area contributed by atoms with Crippen LogP contribution in [0.15, 0.2) is 48.5 Å². The average Bonchev–Trinajstić information content (AvgIpc) is 2.50. The van der Waals surface area contributed by atoms with E-state index in [1.165, 1.54) is 18.2 Å². The predicted octanol–water partition coefficient (Wildman–Crippen LogP) is 2.40. The van der Waals surface area contributed by atoms with Gasteiger partial charge < -0.3 is 11.1 Å². The van der Waals surface area contributed by atoms with Crippen LogP contribution in [-0.2, 0) is 6.54 Å². The molecule has 0 aliphatic carbocycles. The van der Waals surface area contributed by atoms with Crippen molar-refractivity contribution in [2.24, 2.45) is 0 Å². The molecule has 6 nitrogen and oxygen atoms in total. The molecular weight excluding hydrogens is 270 g/mol. The minimum Gasteiger partial charge on any atom is -0.398 e. The van der Waals surface area contributed by atoms with Gasteiger partial charge in [-0.15, -0.1) is 0 Å². The molecule has 2 aromatic carbocycles. The number of carbonyl (C=O) groups excluding carboxylic acids is 1. The summed E-state index contributed by atoms with van der Waals surface area (Å²) in [5.41, 5.74) is 7.64. The van der Waals surface area contributed by atoms with Crippen LogP contribution in [0.2, 0.25) is 0 Å². The van der Waals surface area contributed by atoms with Crippen LogP contribution in [0.4, 0.5) is 11.4 Å². The molecule has 0 aromatic heterocycles. The molecule has 0 unspecified atom stereocenters. The Hall–Kier alpha value is -2.73. The van der Waals surface area contributed by atoms with Crippen molar-refractivity contribution in [2.75, 3.05) is 12.8 Å². The van der Waals surface area contributed by atoms with Crippen molar-refractivity contribution in [2.45, 2.75) is 6.54 Å². The van der Waals surface area contributed by atoms with E-state index < -0.39 is 4.92 Å². The Morgan fingerprint density at radius 2 is 1.81 bits per heavy atom. The van der Waals surface area contributed by atoms with Gasteiger partial charge in [-0.05, 0) is 24.7 Å². The molecule has 0 aliphatic rings. The minimum atomic E-state index is -0.580. The highest BCUT2D eigenvalue weighted by atomic mass is 16.6. The summed E-state index contributed by atoms with van der Waals surface area (Å²) < 4.78 is 0. The molecule has 0 aliphatic heterocycles. The number of aldehydes is 1. The summed E-state index contributed by atoms with van der Waals surface area (Å²) in [5.74, 6) is 0. The normalized spacial score (nSPS) is 9.38. The maximum Gasteiger partial charge on any atom is 0.279 e. The zero-order valence-electron chi connectivity index (χ0n) is 11.7. The zero-order chi connectivity index (χ0) is 15.7. The number of hydrogen-bond donors (Lipinski definition) is 2. The fourth-order valence-electron chi connectivity index (χ4n) is 1.64. The molecule has 110 valence electrons. The maximum absolute atomic E-state index is 10.2. The number of nitrogen functional groups attached to an aromatic ring is 1. The summed E-state index contributed by atoms with van der Waals surface area (Å²) in [7, 11) is 1.91. The summed E-state index contributed by atoms with van der Waals surface area (Å²) in [5, 5.41) is 13.3. The number of nitrogens with zero attached hydrogens (tertiary/aromatic N) is 1. The van der Waals surface area contributed by atoms with Gasteiger partial charge in [0.15, 0.2) is 6.29 Å². The Bertz CT molecular complexity index is 615. The first-order valence-electron chi connectivity index (χ1n) is 6.26. The van der Waals surface area contributed by atoms with Gasteiger partial charge in [0.2, 0.25) is 0 Å². The van der Waals surface area contributed by atoms with Gasteiger partial charge in [0.05, 0.1) is 10.5 Å². The van der Waals surface area contributed by atoms with E-state index in [1.54, 1.807) is 6.07 Å². The molecule has 0 radical (unpaired) electrons. The van der Waals surface area contributed by atoms with E-state index in [4.69, 9.17) is 5.73 Å². The Morgan fingerprint density at radius 1 is 1.19 bits per heavy atom. The second kappa shape index (κ2) is 8.44. The van der Waals surface area contributed by atoms with Crippen LogP contribution in [-0.4, -0.2) is 18.3 Å². The number of para-hydroxylation sites is 2. The Morgan fingerprint density at radius 3 is 2.33 bits per heavy atom. The van der Waals surface area contributed by atoms with Crippen molar-refractivity contribution in [1.82, 2.24) is 5.32 Å². The van der Waals surface area contributed by atoms with Crippen molar-refractivity contribution in [3.63, 3.8) is 0 Å². The monoisotopic (exact) mass is 287 g/mol. The SMILES string of the molecule is CNCc1ccccc1N.O=Cc1ccccc1[N+](=O)[O-]. The van der Waals surface area contributed by atoms with Crippen LogP contribution >= 0.6 is 0 Å². The lowest BCUT2D eigenvalue weighted by Gasteiger charge is -2.02. The van der Waals surface area contributed by atoms with Crippen LogP contribution in [0.25, 0.3) is 0 Å². The molecule has 0 saturated heterocycles. The van der Waals surface area contributed by atoms with Gasteiger partial charge in [-0.3, -0.25) is 14.9 Å². The fraction of sp³-hybridized carbons (Fsp3) is 0.133. The Kier molecular flexibility index (Phi) is 6.56. The van der Waals surface area contributed by atoms with Gasteiger partial charge in [0, 0.05) is 18.3 Å². The third kappa shape index (κ3) is 5.04. The summed E-state index contributed by atoms with van der Waals surface area (Å²) >= 11 is 0. The first-order valence-corrected chi connectivity index (χ1v) is 6.26. The van der Waals surface area contributed by atoms with Gasteiger partial charge in [0.1, 0.15) is 0 Å².